The van der Waals surface area contributed by atoms with E-state index in [1.807, 2.05) is 24.4 Å². The lowest BCUT2D eigenvalue weighted by molar-refractivity contribution is 0.865. The lowest BCUT2D eigenvalue weighted by Gasteiger charge is -1.98. The number of benzene rings is 1. The van der Waals surface area contributed by atoms with Crippen molar-refractivity contribution in [1.82, 2.24) is 4.57 Å². The highest BCUT2D eigenvalue weighted by molar-refractivity contribution is 5.79. The normalized spacial score (nSPS) is 10.3. The van der Waals surface area contributed by atoms with Crippen LogP contribution in [0.4, 0.5) is 0 Å². The summed E-state index contributed by atoms with van der Waals surface area (Å²) in [4.78, 5) is 0. The third-order valence-electron chi connectivity index (χ3n) is 1.92. The number of allylic oxidation sites excluding steroid dienone is 1. The van der Waals surface area contributed by atoms with Gasteiger partial charge in [-0.3, -0.25) is 0 Å². The Balaban J connectivity index is 2.62. The SMILES string of the molecule is C=CCn1c[c]c2ccccc21. The topological polar surface area (TPSA) is 4.93 Å². The van der Waals surface area contributed by atoms with Crippen LogP contribution in [0.5, 0.6) is 0 Å². The first-order valence-corrected chi connectivity index (χ1v) is 3.98. The van der Waals surface area contributed by atoms with Crippen molar-refractivity contribution >= 4 is 10.9 Å². The van der Waals surface area contributed by atoms with Crippen molar-refractivity contribution in [3.63, 3.8) is 0 Å². The molecule has 0 spiro atoms. The fourth-order valence-electron chi connectivity index (χ4n) is 1.35. The minimum absolute atomic E-state index is 0.851. The Morgan fingerprint density at radius 1 is 1.42 bits per heavy atom. The highest BCUT2D eigenvalue weighted by Crippen LogP contribution is 2.13. The van der Waals surface area contributed by atoms with Gasteiger partial charge in [0.25, 0.3) is 0 Å². The molecule has 1 aromatic carbocycles. The molecule has 0 aliphatic heterocycles. The van der Waals surface area contributed by atoms with Crippen LogP contribution >= 0.6 is 0 Å². The van der Waals surface area contributed by atoms with E-state index in [0.29, 0.717) is 0 Å². The van der Waals surface area contributed by atoms with Crippen LogP contribution in [-0.4, -0.2) is 4.57 Å². The highest BCUT2D eigenvalue weighted by Gasteiger charge is 1.96. The zero-order valence-corrected chi connectivity index (χ0v) is 6.83. The van der Waals surface area contributed by atoms with Crippen molar-refractivity contribution in [1.29, 1.82) is 0 Å². The van der Waals surface area contributed by atoms with Crippen molar-refractivity contribution in [2.24, 2.45) is 0 Å². The van der Waals surface area contributed by atoms with Crippen LogP contribution in [0.2, 0.25) is 0 Å². The minimum Gasteiger partial charge on any atom is -0.343 e. The second-order valence-electron chi connectivity index (χ2n) is 2.73. The Hall–Kier alpha value is -1.50. The molecule has 1 nitrogen and oxygen atoms in total. The predicted octanol–water partition coefficient (Wildman–Crippen LogP) is 2.63. The summed E-state index contributed by atoms with van der Waals surface area (Å²) in [5, 5.41) is 1.17. The number of fused-ring (bicyclic) bond motifs is 1. The maximum atomic E-state index is 3.71. The van der Waals surface area contributed by atoms with Gasteiger partial charge in [0.15, 0.2) is 0 Å². The second kappa shape index (κ2) is 2.86. The van der Waals surface area contributed by atoms with Gasteiger partial charge in [0.1, 0.15) is 0 Å². The van der Waals surface area contributed by atoms with E-state index < -0.39 is 0 Å². The summed E-state index contributed by atoms with van der Waals surface area (Å²) in [6, 6.07) is 11.4. The molecule has 0 fully saturated rings. The van der Waals surface area contributed by atoms with Gasteiger partial charge in [-0.25, -0.2) is 0 Å². The molecule has 2 aromatic rings. The van der Waals surface area contributed by atoms with Gasteiger partial charge in [-0.15, -0.1) is 6.58 Å². The molecule has 0 atom stereocenters. The van der Waals surface area contributed by atoms with E-state index in [-0.39, 0.29) is 0 Å². The number of hydrogen-bond acceptors (Lipinski definition) is 0. The number of nitrogens with zero attached hydrogens (tertiary/aromatic N) is 1. The van der Waals surface area contributed by atoms with E-state index in [4.69, 9.17) is 0 Å². The molecule has 0 amide bonds. The van der Waals surface area contributed by atoms with E-state index in [2.05, 4.69) is 29.3 Å². The average Bonchev–Trinajstić information content (AvgIpc) is 2.50. The van der Waals surface area contributed by atoms with Crippen LogP contribution in [-0.2, 0) is 6.54 Å². The smallest absolute Gasteiger partial charge is 0.0489 e. The highest BCUT2D eigenvalue weighted by atomic mass is 14.9. The van der Waals surface area contributed by atoms with Gasteiger partial charge < -0.3 is 4.57 Å². The van der Waals surface area contributed by atoms with Crippen LogP contribution in [0.15, 0.2) is 43.1 Å². The summed E-state index contributed by atoms with van der Waals surface area (Å²) in [6.07, 6.45) is 3.85. The fraction of sp³-hybridized carbons (Fsp3) is 0.0909. The van der Waals surface area contributed by atoms with Gasteiger partial charge in [-0.2, -0.15) is 0 Å². The Morgan fingerprint density at radius 3 is 3.08 bits per heavy atom. The summed E-state index contributed by atoms with van der Waals surface area (Å²) in [5.41, 5.74) is 1.22. The van der Waals surface area contributed by atoms with E-state index >= 15 is 0 Å². The van der Waals surface area contributed by atoms with Crippen molar-refractivity contribution in [2.45, 2.75) is 6.54 Å². The van der Waals surface area contributed by atoms with E-state index in [9.17, 15) is 0 Å². The lowest BCUT2D eigenvalue weighted by atomic mass is 10.2. The van der Waals surface area contributed by atoms with Gasteiger partial charge in [-0.1, -0.05) is 24.3 Å². The molecule has 0 unspecified atom stereocenters. The molecule has 1 heterocycles. The largest absolute Gasteiger partial charge is 0.343 e. The summed E-state index contributed by atoms with van der Waals surface area (Å²) in [5.74, 6) is 0. The standard InChI is InChI=1S/C11H10N/c1-2-8-12-9-7-10-5-3-4-6-11(10)12/h2-6,9H,1,8H2. The molecule has 12 heavy (non-hydrogen) atoms. The van der Waals surface area contributed by atoms with Crippen LogP contribution in [0.1, 0.15) is 0 Å². The Kier molecular flexibility index (Phi) is 1.71. The van der Waals surface area contributed by atoms with Crippen LogP contribution < -0.4 is 0 Å². The summed E-state index contributed by atoms with van der Waals surface area (Å²) in [6.45, 7) is 4.56. The van der Waals surface area contributed by atoms with Crippen molar-refractivity contribution in [2.75, 3.05) is 0 Å². The van der Waals surface area contributed by atoms with Crippen LogP contribution in [0.25, 0.3) is 10.9 Å². The quantitative estimate of drug-likeness (QED) is 0.589. The monoisotopic (exact) mass is 156 g/mol. The van der Waals surface area contributed by atoms with Crippen LogP contribution in [0.3, 0.4) is 0 Å². The number of para-hydroxylation sites is 1. The Bertz CT molecular complexity index is 398. The molecule has 1 heteroatoms. The first-order chi connectivity index (χ1) is 5.92. The molecule has 0 N–H and O–H groups in total. The summed E-state index contributed by atoms with van der Waals surface area (Å²) < 4.78 is 2.13. The van der Waals surface area contributed by atoms with E-state index in [1.165, 1.54) is 10.9 Å². The maximum absolute atomic E-state index is 3.71. The molecule has 0 saturated carbocycles. The number of hydrogen-bond donors (Lipinski definition) is 0. The van der Waals surface area contributed by atoms with Crippen LogP contribution in [0, 0.1) is 6.07 Å². The molecule has 0 bridgehead atoms. The zero-order valence-electron chi connectivity index (χ0n) is 6.83. The van der Waals surface area contributed by atoms with Gasteiger partial charge in [0, 0.05) is 29.7 Å². The average molecular weight is 156 g/mol. The van der Waals surface area contributed by atoms with Gasteiger partial charge in [0.05, 0.1) is 0 Å². The Labute approximate surface area is 71.9 Å². The van der Waals surface area contributed by atoms with E-state index in [1.54, 1.807) is 0 Å². The molecular formula is C11H10N. The van der Waals surface area contributed by atoms with Gasteiger partial charge in [0.2, 0.25) is 0 Å². The third kappa shape index (κ3) is 1.03. The predicted molar refractivity (Wildman–Crippen MR) is 51.0 cm³/mol. The Morgan fingerprint density at radius 2 is 2.25 bits per heavy atom. The number of rotatable bonds is 2. The second-order valence-corrected chi connectivity index (χ2v) is 2.73. The molecule has 0 aliphatic rings. The van der Waals surface area contributed by atoms with Gasteiger partial charge in [-0.05, 0) is 6.07 Å². The molecule has 1 radical (unpaired) electrons. The molecule has 1 aromatic heterocycles. The van der Waals surface area contributed by atoms with Crippen molar-refractivity contribution in [3.8, 4) is 0 Å². The summed E-state index contributed by atoms with van der Waals surface area (Å²) >= 11 is 0. The van der Waals surface area contributed by atoms with Crippen molar-refractivity contribution < 1.29 is 0 Å². The van der Waals surface area contributed by atoms with E-state index in [0.717, 1.165) is 6.54 Å². The molecule has 2 rings (SSSR count). The zero-order chi connectivity index (χ0) is 8.39. The molecule has 0 aliphatic carbocycles. The first-order valence-electron chi connectivity index (χ1n) is 3.98. The minimum atomic E-state index is 0.851. The maximum Gasteiger partial charge on any atom is 0.0489 e. The summed E-state index contributed by atoms with van der Waals surface area (Å²) in [7, 11) is 0. The lowest BCUT2D eigenvalue weighted by Crippen LogP contribution is -1.90. The molecule has 59 valence electrons. The molecule has 0 saturated heterocycles. The number of aromatic nitrogens is 1. The van der Waals surface area contributed by atoms with Crippen molar-refractivity contribution in [3.05, 3.63) is 49.2 Å². The third-order valence-corrected chi connectivity index (χ3v) is 1.92. The first kappa shape index (κ1) is 7.17. The van der Waals surface area contributed by atoms with Gasteiger partial charge >= 0.3 is 0 Å². The fourth-order valence-corrected chi connectivity index (χ4v) is 1.35. The molecular weight excluding hydrogens is 146 g/mol.